The van der Waals surface area contributed by atoms with Crippen molar-refractivity contribution in [3.05, 3.63) is 53.1 Å². The van der Waals surface area contributed by atoms with Gasteiger partial charge in [0.2, 0.25) is 0 Å². The molecule has 0 bridgehead atoms. The summed E-state index contributed by atoms with van der Waals surface area (Å²) in [5, 5.41) is 4.04. The van der Waals surface area contributed by atoms with Crippen LogP contribution in [0.25, 0.3) is 0 Å². The lowest BCUT2D eigenvalue weighted by atomic mass is 10.1. The number of para-hydroxylation sites is 1. The number of hydrogen-bond donors (Lipinski definition) is 1. The van der Waals surface area contributed by atoms with Gasteiger partial charge >= 0.3 is 5.97 Å². The highest BCUT2D eigenvalue weighted by Gasteiger charge is 2.28. The lowest BCUT2D eigenvalue weighted by Gasteiger charge is -2.35. The van der Waals surface area contributed by atoms with E-state index in [1.54, 1.807) is 6.07 Å². The fourth-order valence-corrected chi connectivity index (χ4v) is 3.82. The maximum absolute atomic E-state index is 12.3. The Hall–Kier alpha value is -2.57. The molecule has 0 saturated carbocycles. The van der Waals surface area contributed by atoms with Gasteiger partial charge in [-0.05, 0) is 43.7 Å². The van der Waals surface area contributed by atoms with Crippen molar-refractivity contribution < 1.29 is 14.3 Å². The molecule has 0 unspecified atom stereocenters. The SMILES string of the molecule is CC[C@H](C)OC(=O)C[C@H]1CN(C2=Nc3cc(Cl)ccc3Oc3ccccc32)CCN1. The quantitative estimate of drug-likeness (QED) is 0.726. The topological polar surface area (TPSA) is 63.2 Å². The van der Waals surface area contributed by atoms with Gasteiger partial charge in [-0.1, -0.05) is 30.7 Å². The predicted molar refractivity (Wildman–Crippen MR) is 118 cm³/mol. The third-order valence-electron chi connectivity index (χ3n) is 5.37. The van der Waals surface area contributed by atoms with E-state index in [9.17, 15) is 4.79 Å². The first kappa shape index (κ1) is 20.7. The minimum Gasteiger partial charge on any atom is -0.463 e. The van der Waals surface area contributed by atoms with Gasteiger partial charge in [-0.15, -0.1) is 0 Å². The molecule has 4 rings (SSSR count). The molecule has 2 aromatic carbocycles. The number of nitrogens with one attached hydrogen (secondary N) is 1. The van der Waals surface area contributed by atoms with Crippen molar-refractivity contribution in [3.63, 3.8) is 0 Å². The molecular weight excluding hydrogens is 402 g/mol. The average molecular weight is 428 g/mol. The van der Waals surface area contributed by atoms with E-state index in [2.05, 4.69) is 10.2 Å². The lowest BCUT2D eigenvalue weighted by Crippen LogP contribution is -2.53. The van der Waals surface area contributed by atoms with Crippen LogP contribution in [0.4, 0.5) is 5.69 Å². The molecule has 7 heteroatoms. The highest BCUT2D eigenvalue weighted by Crippen LogP contribution is 2.39. The van der Waals surface area contributed by atoms with Gasteiger partial charge in [0.05, 0.1) is 18.1 Å². The number of rotatable bonds is 4. The number of carbonyl (C=O) groups is 1. The molecule has 0 radical (unpaired) electrons. The van der Waals surface area contributed by atoms with Gasteiger partial charge in [0.25, 0.3) is 0 Å². The van der Waals surface area contributed by atoms with Gasteiger partial charge in [-0.3, -0.25) is 4.79 Å². The standard InChI is InChI=1S/C23H26ClN3O3/c1-3-15(2)29-22(28)13-17-14-27(11-10-25-17)23-18-6-4-5-7-20(18)30-21-9-8-16(24)12-19(21)26-23/h4-9,12,15,17,25H,3,10-11,13-14H2,1-2H3/t15-,17-/m0/s1. The molecule has 2 atom stereocenters. The smallest absolute Gasteiger partial charge is 0.307 e. The molecule has 0 aromatic heterocycles. The number of halogens is 1. The number of piperazine rings is 1. The van der Waals surface area contributed by atoms with Crippen molar-refractivity contribution in [3.8, 4) is 11.5 Å². The summed E-state index contributed by atoms with van der Waals surface area (Å²) in [7, 11) is 0. The van der Waals surface area contributed by atoms with Crippen LogP contribution in [0.5, 0.6) is 11.5 Å². The molecule has 0 spiro atoms. The zero-order chi connectivity index (χ0) is 21.1. The molecule has 2 aromatic rings. The number of esters is 1. The van der Waals surface area contributed by atoms with Crippen LogP contribution in [0.2, 0.25) is 5.02 Å². The fourth-order valence-electron chi connectivity index (χ4n) is 3.65. The summed E-state index contributed by atoms with van der Waals surface area (Å²) in [6.45, 7) is 6.11. The van der Waals surface area contributed by atoms with Crippen molar-refractivity contribution in [1.82, 2.24) is 10.2 Å². The lowest BCUT2D eigenvalue weighted by molar-refractivity contribution is -0.149. The molecule has 158 valence electrons. The summed E-state index contributed by atoms with van der Waals surface area (Å²) in [6, 6.07) is 13.3. The number of ether oxygens (including phenoxy) is 2. The Bertz CT molecular complexity index is 962. The van der Waals surface area contributed by atoms with E-state index in [0.717, 1.165) is 36.7 Å². The van der Waals surface area contributed by atoms with Crippen LogP contribution in [-0.2, 0) is 9.53 Å². The first-order valence-electron chi connectivity index (χ1n) is 10.4. The van der Waals surface area contributed by atoms with E-state index >= 15 is 0 Å². The van der Waals surface area contributed by atoms with Crippen LogP contribution in [0.15, 0.2) is 47.5 Å². The van der Waals surface area contributed by atoms with E-state index in [4.69, 9.17) is 26.1 Å². The van der Waals surface area contributed by atoms with Gasteiger partial charge < -0.3 is 19.7 Å². The Labute approximate surface area is 181 Å². The van der Waals surface area contributed by atoms with Crippen molar-refractivity contribution in [2.75, 3.05) is 19.6 Å². The Balaban J connectivity index is 1.60. The summed E-state index contributed by atoms with van der Waals surface area (Å²) in [4.78, 5) is 19.4. The normalized spacial score (nSPS) is 19.0. The summed E-state index contributed by atoms with van der Waals surface area (Å²) >= 11 is 6.21. The Morgan fingerprint density at radius 2 is 2.17 bits per heavy atom. The van der Waals surface area contributed by atoms with E-state index in [1.807, 2.05) is 50.2 Å². The van der Waals surface area contributed by atoms with Crippen molar-refractivity contribution >= 4 is 29.1 Å². The number of hydrogen-bond acceptors (Lipinski definition) is 6. The Morgan fingerprint density at radius 1 is 1.33 bits per heavy atom. The van der Waals surface area contributed by atoms with E-state index < -0.39 is 0 Å². The third kappa shape index (κ3) is 4.60. The maximum Gasteiger partial charge on any atom is 0.307 e. The molecule has 2 heterocycles. The largest absolute Gasteiger partial charge is 0.463 e. The third-order valence-corrected chi connectivity index (χ3v) is 5.61. The van der Waals surface area contributed by atoms with Crippen LogP contribution in [0.1, 0.15) is 32.3 Å². The van der Waals surface area contributed by atoms with E-state index in [-0.39, 0.29) is 18.1 Å². The molecule has 0 amide bonds. The summed E-state index contributed by atoms with van der Waals surface area (Å²) in [5.41, 5.74) is 1.62. The molecule has 2 aliphatic rings. The van der Waals surface area contributed by atoms with Crippen LogP contribution < -0.4 is 10.1 Å². The van der Waals surface area contributed by atoms with Crippen LogP contribution in [-0.4, -0.2) is 48.5 Å². The Morgan fingerprint density at radius 3 is 3.00 bits per heavy atom. The molecule has 2 aliphatic heterocycles. The van der Waals surface area contributed by atoms with E-state index in [1.165, 1.54) is 0 Å². The molecule has 1 fully saturated rings. The number of benzene rings is 2. The summed E-state index contributed by atoms with van der Waals surface area (Å²) in [5.74, 6) is 2.08. The second-order valence-corrected chi connectivity index (χ2v) is 8.09. The van der Waals surface area contributed by atoms with Gasteiger partial charge in [0.15, 0.2) is 5.75 Å². The number of aliphatic imine (C=N–C) groups is 1. The highest BCUT2D eigenvalue weighted by molar-refractivity contribution is 6.31. The molecule has 0 aliphatic carbocycles. The molecule has 6 nitrogen and oxygen atoms in total. The monoisotopic (exact) mass is 427 g/mol. The Kier molecular flexibility index (Phi) is 6.25. The van der Waals surface area contributed by atoms with Crippen molar-refractivity contribution in [2.24, 2.45) is 4.99 Å². The molecule has 1 N–H and O–H groups in total. The summed E-state index contributed by atoms with van der Waals surface area (Å²) in [6.07, 6.45) is 1.08. The van der Waals surface area contributed by atoms with Gasteiger partial charge in [0, 0.05) is 30.7 Å². The molecule has 1 saturated heterocycles. The maximum atomic E-state index is 12.3. The van der Waals surface area contributed by atoms with E-state index in [0.29, 0.717) is 29.4 Å². The van der Waals surface area contributed by atoms with Gasteiger partial charge in [0.1, 0.15) is 17.3 Å². The van der Waals surface area contributed by atoms with Crippen molar-refractivity contribution in [1.29, 1.82) is 0 Å². The predicted octanol–water partition coefficient (Wildman–Crippen LogP) is 4.53. The number of nitrogens with zero attached hydrogens (tertiary/aromatic N) is 2. The zero-order valence-corrected chi connectivity index (χ0v) is 18.0. The van der Waals surface area contributed by atoms with Gasteiger partial charge in [-0.25, -0.2) is 4.99 Å². The van der Waals surface area contributed by atoms with Crippen LogP contribution in [0, 0.1) is 0 Å². The fraction of sp³-hybridized carbons (Fsp3) is 0.391. The number of carbonyl (C=O) groups excluding carboxylic acids is 1. The van der Waals surface area contributed by atoms with Crippen LogP contribution in [0.3, 0.4) is 0 Å². The first-order valence-corrected chi connectivity index (χ1v) is 10.7. The average Bonchev–Trinajstić information content (AvgIpc) is 2.90. The number of amidine groups is 1. The zero-order valence-electron chi connectivity index (χ0n) is 17.2. The first-order chi connectivity index (χ1) is 14.5. The second kappa shape index (κ2) is 9.06. The minimum absolute atomic E-state index is 0.00632. The highest BCUT2D eigenvalue weighted by atomic mass is 35.5. The molecular formula is C23H26ClN3O3. The number of fused-ring (bicyclic) bond motifs is 2. The minimum atomic E-state index is -0.174. The van der Waals surface area contributed by atoms with Crippen molar-refractivity contribution in [2.45, 2.75) is 38.8 Å². The summed E-state index contributed by atoms with van der Waals surface area (Å²) < 4.78 is 11.6. The van der Waals surface area contributed by atoms with Crippen LogP contribution >= 0.6 is 11.6 Å². The second-order valence-electron chi connectivity index (χ2n) is 7.66. The molecule has 30 heavy (non-hydrogen) atoms. The van der Waals surface area contributed by atoms with Gasteiger partial charge in [-0.2, -0.15) is 0 Å².